The van der Waals surface area contributed by atoms with Crippen LogP contribution >= 0.6 is 0 Å². The first-order chi connectivity index (χ1) is 10.8. The van der Waals surface area contributed by atoms with Gasteiger partial charge in [0.25, 0.3) is 0 Å². The summed E-state index contributed by atoms with van der Waals surface area (Å²) in [6, 6.07) is 19.6. The SMILES string of the molecule is COc1ccccc1-c1cc(CN)nc(-c2ccccc2)n1. The zero-order valence-electron chi connectivity index (χ0n) is 12.4. The minimum atomic E-state index is 0.366. The van der Waals surface area contributed by atoms with Crippen molar-refractivity contribution in [3.8, 4) is 28.4 Å². The topological polar surface area (TPSA) is 61.0 Å². The Morgan fingerprint density at radius 2 is 1.68 bits per heavy atom. The highest BCUT2D eigenvalue weighted by molar-refractivity contribution is 5.69. The summed E-state index contributed by atoms with van der Waals surface area (Å²) >= 11 is 0. The number of aromatic nitrogens is 2. The van der Waals surface area contributed by atoms with Gasteiger partial charge in [-0.1, -0.05) is 42.5 Å². The Morgan fingerprint density at radius 3 is 2.41 bits per heavy atom. The fraction of sp³-hybridized carbons (Fsp3) is 0.111. The van der Waals surface area contributed by atoms with Crippen molar-refractivity contribution in [3.63, 3.8) is 0 Å². The number of methoxy groups -OCH3 is 1. The highest BCUT2D eigenvalue weighted by Crippen LogP contribution is 2.29. The average molecular weight is 291 g/mol. The Kier molecular flexibility index (Phi) is 4.12. The number of benzene rings is 2. The van der Waals surface area contributed by atoms with Crippen LogP contribution in [-0.4, -0.2) is 17.1 Å². The van der Waals surface area contributed by atoms with E-state index in [0.29, 0.717) is 12.4 Å². The van der Waals surface area contributed by atoms with Crippen LogP contribution in [-0.2, 0) is 6.54 Å². The summed E-state index contributed by atoms with van der Waals surface area (Å²) in [6.45, 7) is 0.366. The molecule has 0 bridgehead atoms. The van der Waals surface area contributed by atoms with E-state index >= 15 is 0 Å². The maximum Gasteiger partial charge on any atom is 0.160 e. The zero-order chi connectivity index (χ0) is 15.4. The summed E-state index contributed by atoms with van der Waals surface area (Å²) in [5.41, 5.74) is 9.30. The van der Waals surface area contributed by atoms with Crippen LogP contribution in [0, 0.1) is 0 Å². The van der Waals surface area contributed by atoms with Crippen LogP contribution in [0.5, 0.6) is 5.75 Å². The molecule has 1 heterocycles. The fourth-order valence-electron chi connectivity index (χ4n) is 2.31. The molecule has 0 amide bonds. The van der Waals surface area contributed by atoms with Crippen LogP contribution in [0.1, 0.15) is 5.69 Å². The number of ether oxygens (including phenoxy) is 1. The molecule has 2 aromatic carbocycles. The monoisotopic (exact) mass is 291 g/mol. The molecule has 4 nitrogen and oxygen atoms in total. The lowest BCUT2D eigenvalue weighted by atomic mass is 10.1. The number of para-hydroxylation sites is 1. The number of hydrogen-bond donors (Lipinski definition) is 1. The van der Waals surface area contributed by atoms with Crippen LogP contribution in [0.3, 0.4) is 0 Å². The van der Waals surface area contributed by atoms with Crippen molar-refractivity contribution in [2.45, 2.75) is 6.54 Å². The fourth-order valence-corrected chi connectivity index (χ4v) is 2.31. The van der Waals surface area contributed by atoms with E-state index in [1.807, 2.05) is 60.7 Å². The van der Waals surface area contributed by atoms with Gasteiger partial charge >= 0.3 is 0 Å². The van der Waals surface area contributed by atoms with Crippen molar-refractivity contribution in [3.05, 3.63) is 66.4 Å². The second-order valence-corrected chi connectivity index (χ2v) is 4.84. The van der Waals surface area contributed by atoms with Gasteiger partial charge in [-0.25, -0.2) is 9.97 Å². The Hall–Kier alpha value is -2.72. The van der Waals surface area contributed by atoms with Gasteiger partial charge in [-0.15, -0.1) is 0 Å². The maximum atomic E-state index is 5.79. The highest BCUT2D eigenvalue weighted by atomic mass is 16.5. The lowest BCUT2D eigenvalue weighted by Crippen LogP contribution is -2.04. The molecule has 22 heavy (non-hydrogen) atoms. The number of hydrogen-bond acceptors (Lipinski definition) is 4. The first-order valence-electron chi connectivity index (χ1n) is 7.08. The second kappa shape index (κ2) is 6.37. The van der Waals surface area contributed by atoms with E-state index in [1.54, 1.807) is 7.11 Å². The summed E-state index contributed by atoms with van der Waals surface area (Å²) in [5.74, 6) is 1.45. The van der Waals surface area contributed by atoms with E-state index in [-0.39, 0.29) is 0 Å². The maximum absolute atomic E-state index is 5.79. The van der Waals surface area contributed by atoms with Crippen LogP contribution < -0.4 is 10.5 Å². The smallest absolute Gasteiger partial charge is 0.160 e. The van der Waals surface area contributed by atoms with E-state index in [0.717, 1.165) is 28.3 Å². The first-order valence-corrected chi connectivity index (χ1v) is 7.08. The summed E-state index contributed by atoms with van der Waals surface area (Å²) in [6.07, 6.45) is 0. The molecule has 0 aliphatic heterocycles. The third-order valence-corrected chi connectivity index (χ3v) is 3.40. The number of nitrogens with two attached hydrogens (primary N) is 1. The molecule has 0 atom stereocenters. The number of nitrogens with zero attached hydrogens (tertiary/aromatic N) is 2. The Balaban J connectivity index is 2.16. The Morgan fingerprint density at radius 1 is 0.955 bits per heavy atom. The van der Waals surface area contributed by atoms with Gasteiger partial charge in [0.15, 0.2) is 5.82 Å². The highest BCUT2D eigenvalue weighted by Gasteiger charge is 2.11. The standard InChI is InChI=1S/C18H17N3O/c1-22-17-10-6-5-9-15(17)16-11-14(12-19)20-18(21-16)13-7-3-2-4-8-13/h2-11H,12,19H2,1H3. The molecule has 0 radical (unpaired) electrons. The van der Waals surface area contributed by atoms with Gasteiger partial charge in [0.1, 0.15) is 5.75 Å². The Labute approximate surface area is 129 Å². The molecular formula is C18H17N3O. The van der Waals surface area contributed by atoms with Crippen LogP contribution in [0.25, 0.3) is 22.6 Å². The lowest BCUT2D eigenvalue weighted by molar-refractivity contribution is 0.416. The molecule has 0 unspecified atom stereocenters. The normalized spacial score (nSPS) is 10.5. The van der Waals surface area contributed by atoms with E-state index < -0.39 is 0 Å². The van der Waals surface area contributed by atoms with Gasteiger partial charge < -0.3 is 10.5 Å². The molecule has 4 heteroatoms. The van der Waals surface area contributed by atoms with Gasteiger partial charge in [0.2, 0.25) is 0 Å². The molecule has 3 aromatic rings. The van der Waals surface area contributed by atoms with Crippen molar-refractivity contribution >= 4 is 0 Å². The molecule has 110 valence electrons. The van der Waals surface area contributed by atoms with E-state index in [1.165, 1.54) is 0 Å². The molecular weight excluding hydrogens is 274 g/mol. The minimum Gasteiger partial charge on any atom is -0.496 e. The quantitative estimate of drug-likeness (QED) is 0.801. The molecule has 1 aromatic heterocycles. The first kappa shape index (κ1) is 14.2. The van der Waals surface area contributed by atoms with E-state index in [4.69, 9.17) is 10.5 Å². The van der Waals surface area contributed by atoms with Crippen molar-refractivity contribution in [1.29, 1.82) is 0 Å². The molecule has 0 aliphatic rings. The van der Waals surface area contributed by atoms with Crippen molar-refractivity contribution in [2.75, 3.05) is 7.11 Å². The molecule has 3 rings (SSSR count). The largest absolute Gasteiger partial charge is 0.496 e. The summed E-state index contributed by atoms with van der Waals surface area (Å²) < 4.78 is 5.43. The summed E-state index contributed by atoms with van der Waals surface area (Å²) in [7, 11) is 1.65. The predicted molar refractivity (Wildman–Crippen MR) is 87.3 cm³/mol. The average Bonchev–Trinajstić information content (AvgIpc) is 2.62. The Bertz CT molecular complexity index is 772. The zero-order valence-corrected chi connectivity index (χ0v) is 12.4. The third kappa shape index (κ3) is 2.82. The van der Waals surface area contributed by atoms with Crippen molar-refractivity contribution in [1.82, 2.24) is 9.97 Å². The number of rotatable bonds is 4. The molecule has 0 aliphatic carbocycles. The third-order valence-electron chi connectivity index (χ3n) is 3.40. The second-order valence-electron chi connectivity index (χ2n) is 4.84. The van der Waals surface area contributed by atoms with Gasteiger partial charge in [-0.2, -0.15) is 0 Å². The van der Waals surface area contributed by atoms with Gasteiger partial charge in [0.05, 0.1) is 18.5 Å². The van der Waals surface area contributed by atoms with Crippen molar-refractivity contribution < 1.29 is 4.74 Å². The molecule has 0 saturated carbocycles. The van der Waals surface area contributed by atoms with Gasteiger partial charge in [-0.05, 0) is 18.2 Å². The van der Waals surface area contributed by atoms with E-state index in [2.05, 4.69) is 9.97 Å². The van der Waals surface area contributed by atoms with E-state index in [9.17, 15) is 0 Å². The molecule has 2 N–H and O–H groups in total. The van der Waals surface area contributed by atoms with Crippen LogP contribution in [0.2, 0.25) is 0 Å². The van der Waals surface area contributed by atoms with Gasteiger partial charge in [0, 0.05) is 17.7 Å². The molecule has 0 spiro atoms. The van der Waals surface area contributed by atoms with Crippen LogP contribution in [0.15, 0.2) is 60.7 Å². The summed E-state index contributed by atoms with van der Waals surface area (Å²) in [4.78, 5) is 9.21. The van der Waals surface area contributed by atoms with Crippen molar-refractivity contribution in [2.24, 2.45) is 5.73 Å². The molecule has 0 saturated heterocycles. The lowest BCUT2D eigenvalue weighted by Gasteiger charge is -2.10. The predicted octanol–water partition coefficient (Wildman–Crippen LogP) is 3.28. The molecule has 0 fully saturated rings. The summed E-state index contributed by atoms with van der Waals surface area (Å²) in [5, 5.41) is 0. The van der Waals surface area contributed by atoms with Crippen LogP contribution in [0.4, 0.5) is 0 Å². The van der Waals surface area contributed by atoms with Gasteiger partial charge in [-0.3, -0.25) is 0 Å². The minimum absolute atomic E-state index is 0.366.